The number of esters is 1. The number of rotatable bonds is 1. The normalized spacial score (nSPS) is 11.6. The molecule has 19 heavy (non-hydrogen) atoms. The lowest BCUT2D eigenvalue weighted by Gasteiger charge is -2.07. The van der Waals surface area contributed by atoms with Crippen molar-refractivity contribution in [3.8, 4) is 5.75 Å². The number of halogens is 3. The van der Waals surface area contributed by atoms with E-state index in [0.29, 0.717) is 10.9 Å². The Morgan fingerprint density at radius 2 is 1.95 bits per heavy atom. The van der Waals surface area contributed by atoms with Crippen LogP contribution in [0.2, 0.25) is 0 Å². The zero-order valence-electron chi connectivity index (χ0n) is 9.58. The minimum Gasteiger partial charge on any atom is -0.423 e. The van der Waals surface area contributed by atoms with E-state index >= 15 is 0 Å². The van der Waals surface area contributed by atoms with E-state index in [2.05, 4.69) is 4.74 Å². The van der Waals surface area contributed by atoms with Crippen molar-refractivity contribution in [3.05, 3.63) is 40.2 Å². The first-order chi connectivity index (χ1) is 8.77. The number of hydrogen-bond donors (Lipinski definition) is 0. The van der Waals surface area contributed by atoms with Gasteiger partial charge in [0, 0.05) is 17.5 Å². The number of fused-ring (bicyclic) bond motifs is 1. The van der Waals surface area contributed by atoms with Gasteiger partial charge in [0.05, 0.1) is 0 Å². The van der Waals surface area contributed by atoms with Crippen molar-refractivity contribution < 1.29 is 27.1 Å². The predicted octanol–water partition coefficient (Wildman–Crippen LogP) is 2.57. The maximum absolute atomic E-state index is 12.0. The van der Waals surface area contributed by atoms with Gasteiger partial charge in [0.2, 0.25) is 0 Å². The Balaban J connectivity index is 2.42. The second-order valence-electron chi connectivity index (χ2n) is 3.79. The molecule has 0 N–H and O–H groups in total. The van der Waals surface area contributed by atoms with Gasteiger partial charge in [-0.2, -0.15) is 13.2 Å². The van der Waals surface area contributed by atoms with Gasteiger partial charge in [-0.3, -0.25) is 0 Å². The zero-order chi connectivity index (χ0) is 14.2. The van der Waals surface area contributed by atoms with Gasteiger partial charge in [-0.25, -0.2) is 9.59 Å². The molecular weight excluding hydrogens is 265 g/mol. The van der Waals surface area contributed by atoms with Crippen LogP contribution in [0.4, 0.5) is 13.2 Å². The van der Waals surface area contributed by atoms with E-state index in [4.69, 9.17) is 4.42 Å². The van der Waals surface area contributed by atoms with Crippen LogP contribution in [0, 0.1) is 6.92 Å². The van der Waals surface area contributed by atoms with Crippen LogP contribution in [-0.2, 0) is 4.79 Å². The second kappa shape index (κ2) is 4.42. The van der Waals surface area contributed by atoms with E-state index in [1.165, 1.54) is 18.2 Å². The Hall–Kier alpha value is -2.31. The molecule has 1 aromatic carbocycles. The van der Waals surface area contributed by atoms with Crippen molar-refractivity contribution >= 4 is 16.9 Å². The van der Waals surface area contributed by atoms with E-state index in [1.54, 1.807) is 6.92 Å². The van der Waals surface area contributed by atoms with Crippen molar-refractivity contribution in [1.82, 2.24) is 0 Å². The Labute approximate surface area is 104 Å². The number of benzene rings is 1. The molecule has 1 heterocycles. The Bertz CT molecular complexity index is 700. The number of carbonyl (C=O) groups excluding carboxylic acids is 1. The summed E-state index contributed by atoms with van der Waals surface area (Å²) >= 11 is 0. The van der Waals surface area contributed by atoms with Crippen LogP contribution >= 0.6 is 0 Å². The van der Waals surface area contributed by atoms with Gasteiger partial charge in [0.15, 0.2) is 0 Å². The quantitative estimate of drug-likeness (QED) is 0.455. The number of carbonyl (C=O) groups is 1. The lowest BCUT2D eigenvalue weighted by atomic mass is 10.1. The highest BCUT2D eigenvalue weighted by Crippen LogP contribution is 2.24. The molecule has 0 aliphatic heterocycles. The molecule has 0 atom stereocenters. The average molecular weight is 272 g/mol. The third kappa shape index (κ3) is 2.75. The van der Waals surface area contributed by atoms with Crippen LogP contribution in [0.1, 0.15) is 5.56 Å². The lowest BCUT2D eigenvalue weighted by Crippen LogP contribution is -2.27. The van der Waals surface area contributed by atoms with E-state index in [0.717, 1.165) is 6.07 Å². The van der Waals surface area contributed by atoms with E-state index in [9.17, 15) is 22.8 Å². The Morgan fingerprint density at radius 1 is 1.26 bits per heavy atom. The molecule has 0 aliphatic rings. The summed E-state index contributed by atoms with van der Waals surface area (Å²) in [4.78, 5) is 21.8. The molecule has 4 nitrogen and oxygen atoms in total. The summed E-state index contributed by atoms with van der Waals surface area (Å²) in [7, 11) is 0. The van der Waals surface area contributed by atoms with Gasteiger partial charge in [0.1, 0.15) is 11.3 Å². The second-order valence-corrected chi connectivity index (χ2v) is 3.79. The molecule has 1 aromatic heterocycles. The molecule has 0 bridgehead atoms. The molecule has 0 fully saturated rings. The highest BCUT2D eigenvalue weighted by molar-refractivity contribution is 5.83. The molecule has 0 spiro atoms. The van der Waals surface area contributed by atoms with Gasteiger partial charge in [-0.15, -0.1) is 0 Å². The van der Waals surface area contributed by atoms with Gasteiger partial charge in [0.25, 0.3) is 0 Å². The van der Waals surface area contributed by atoms with Gasteiger partial charge in [-0.1, -0.05) is 0 Å². The summed E-state index contributed by atoms with van der Waals surface area (Å²) in [6, 6.07) is 4.92. The molecule has 0 saturated heterocycles. The Kier molecular flexibility index (Phi) is 3.05. The van der Waals surface area contributed by atoms with E-state index in [1.807, 2.05) is 0 Å². The van der Waals surface area contributed by atoms with E-state index < -0.39 is 17.8 Å². The number of ether oxygens (including phenoxy) is 1. The molecular formula is C12H7F3O4. The van der Waals surface area contributed by atoms with Gasteiger partial charge < -0.3 is 9.15 Å². The molecule has 0 aliphatic carbocycles. The molecule has 7 heteroatoms. The van der Waals surface area contributed by atoms with Crippen LogP contribution in [0.5, 0.6) is 5.75 Å². The van der Waals surface area contributed by atoms with Crippen molar-refractivity contribution in [1.29, 1.82) is 0 Å². The average Bonchev–Trinajstić information content (AvgIpc) is 2.26. The summed E-state index contributed by atoms with van der Waals surface area (Å²) in [6.45, 7) is 1.65. The molecule has 0 radical (unpaired) electrons. The summed E-state index contributed by atoms with van der Waals surface area (Å²) < 4.78 is 45.0. The van der Waals surface area contributed by atoms with Crippen molar-refractivity contribution in [2.24, 2.45) is 0 Å². The maximum atomic E-state index is 12.0. The largest absolute Gasteiger partial charge is 0.491 e. The molecule has 0 saturated carbocycles. The fraction of sp³-hybridized carbons (Fsp3) is 0.167. The van der Waals surface area contributed by atoms with Crippen LogP contribution in [0.25, 0.3) is 11.0 Å². The minimum atomic E-state index is -5.08. The first-order valence-electron chi connectivity index (χ1n) is 5.11. The highest BCUT2D eigenvalue weighted by Gasteiger charge is 2.41. The van der Waals surface area contributed by atoms with Gasteiger partial charge in [-0.05, 0) is 24.6 Å². The third-order valence-corrected chi connectivity index (χ3v) is 2.36. The summed E-state index contributed by atoms with van der Waals surface area (Å²) in [5, 5.41) is 0.548. The molecule has 100 valence electrons. The fourth-order valence-electron chi connectivity index (χ4n) is 1.53. The van der Waals surface area contributed by atoms with Gasteiger partial charge >= 0.3 is 17.8 Å². The monoisotopic (exact) mass is 272 g/mol. The van der Waals surface area contributed by atoms with Crippen LogP contribution in [0.15, 0.2) is 33.5 Å². The maximum Gasteiger partial charge on any atom is 0.491 e. The number of alkyl halides is 3. The fourth-order valence-corrected chi connectivity index (χ4v) is 1.53. The van der Waals surface area contributed by atoms with Crippen molar-refractivity contribution in [2.45, 2.75) is 13.1 Å². The summed E-state index contributed by atoms with van der Waals surface area (Å²) in [6.07, 6.45) is -5.08. The van der Waals surface area contributed by atoms with Crippen molar-refractivity contribution in [2.75, 3.05) is 0 Å². The predicted molar refractivity (Wildman–Crippen MR) is 58.9 cm³/mol. The van der Waals surface area contributed by atoms with Crippen molar-refractivity contribution in [3.63, 3.8) is 0 Å². The van der Waals surface area contributed by atoms with Crippen LogP contribution in [0.3, 0.4) is 0 Å². The van der Waals surface area contributed by atoms with Crippen LogP contribution < -0.4 is 10.4 Å². The summed E-state index contributed by atoms with van der Waals surface area (Å²) in [5.74, 6) is -2.68. The topological polar surface area (TPSA) is 56.5 Å². The Morgan fingerprint density at radius 3 is 2.58 bits per heavy atom. The van der Waals surface area contributed by atoms with E-state index in [-0.39, 0.29) is 11.3 Å². The molecule has 0 unspecified atom stereocenters. The third-order valence-electron chi connectivity index (χ3n) is 2.36. The molecule has 0 amide bonds. The standard InChI is InChI=1S/C12H7F3O4/c1-6-4-10(16)19-9-5-7(2-3-8(6)9)18-11(17)12(13,14)15/h2-5H,1H3. The first kappa shape index (κ1) is 13.1. The number of hydrogen-bond acceptors (Lipinski definition) is 4. The highest BCUT2D eigenvalue weighted by atomic mass is 19.4. The smallest absolute Gasteiger partial charge is 0.423 e. The minimum absolute atomic E-state index is 0.0532. The first-order valence-corrected chi connectivity index (χ1v) is 5.11. The number of aryl methyl sites for hydroxylation is 1. The zero-order valence-corrected chi connectivity index (χ0v) is 9.58. The summed E-state index contributed by atoms with van der Waals surface area (Å²) in [5.41, 5.74) is 0.0294. The molecule has 2 aromatic rings. The molecule has 2 rings (SSSR count). The SMILES string of the molecule is Cc1cc(=O)oc2cc(OC(=O)C(F)(F)F)ccc12. The lowest BCUT2D eigenvalue weighted by molar-refractivity contribution is -0.189. The van der Waals surface area contributed by atoms with Crippen LogP contribution in [-0.4, -0.2) is 12.1 Å².